The Bertz CT molecular complexity index is 787. The molecule has 1 fully saturated rings. The average molecular weight is 364 g/mol. The van der Waals surface area contributed by atoms with Crippen molar-refractivity contribution >= 4 is 23.1 Å². The van der Waals surface area contributed by atoms with Crippen LogP contribution in [0.2, 0.25) is 5.28 Å². The molecule has 5 nitrogen and oxygen atoms in total. The molecule has 1 aliphatic heterocycles. The number of nitrogens with zero attached hydrogens (tertiary/aromatic N) is 3. The third-order valence-electron chi connectivity index (χ3n) is 4.45. The number of ketones is 1. The minimum absolute atomic E-state index is 0.000900. The van der Waals surface area contributed by atoms with E-state index in [4.69, 9.17) is 11.6 Å². The van der Waals surface area contributed by atoms with E-state index < -0.39 is 5.82 Å². The largest absolute Gasteiger partial charge is 0.394 e. The number of carbonyl (C=O) groups excluding carboxylic acids is 1. The molecular weight excluding hydrogens is 345 g/mol. The highest BCUT2D eigenvalue weighted by molar-refractivity contribution is 6.28. The third kappa shape index (κ3) is 3.96. The molecule has 2 atom stereocenters. The number of aromatic nitrogens is 2. The molecule has 1 saturated heterocycles. The van der Waals surface area contributed by atoms with Gasteiger partial charge in [0.2, 0.25) is 5.28 Å². The van der Waals surface area contributed by atoms with E-state index in [9.17, 15) is 14.3 Å². The Morgan fingerprint density at radius 3 is 2.96 bits per heavy atom. The summed E-state index contributed by atoms with van der Waals surface area (Å²) >= 11 is 5.74. The Labute approximate surface area is 150 Å². The fourth-order valence-corrected chi connectivity index (χ4v) is 3.50. The Morgan fingerprint density at radius 1 is 1.44 bits per heavy atom. The summed E-state index contributed by atoms with van der Waals surface area (Å²) in [6.45, 7) is 2.90. The van der Waals surface area contributed by atoms with Gasteiger partial charge < -0.3 is 10.0 Å². The number of Topliss-reactive ketones (excluding diaryl/α,β-unsaturated/α-hetero) is 1. The van der Waals surface area contributed by atoms with E-state index >= 15 is 0 Å². The van der Waals surface area contributed by atoms with Crippen LogP contribution in [0.15, 0.2) is 30.5 Å². The van der Waals surface area contributed by atoms with Gasteiger partial charge in [-0.3, -0.25) is 4.79 Å². The monoisotopic (exact) mass is 363 g/mol. The zero-order valence-electron chi connectivity index (χ0n) is 13.8. The van der Waals surface area contributed by atoms with Crippen molar-refractivity contribution in [2.45, 2.75) is 25.8 Å². The molecule has 2 aromatic rings. The third-order valence-corrected chi connectivity index (χ3v) is 4.63. The number of carbonyl (C=O) groups is 1. The van der Waals surface area contributed by atoms with Gasteiger partial charge in [-0.15, -0.1) is 0 Å². The van der Waals surface area contributed by atoms with Gasteiger partial charge >= 0.3 is 0 Å². The van der Waals surface area contributed by atoms with Gasteiger partial charge in [-0.05, 0) is 53.8 Å². The predicted octanol–water partition coefficient (Wildman–Crippen LogP) is 2.90. The molecule has 0 unspecified atom stereocenters. The highest BCUT2D eigenvalue weighted by atomic mass is 35.5. The summed E-state index contributed by atoms with van der Waals surface area (Å²) < 4.78 is 13.8. The summed E-state index contributed by atoms with van der Waals surface area (Å²) in [5.41, 5.74) is 1.55. The molecule has 1 aromatic carbocycles. The van der Waals surface area contributed by atoms with Crippen LogP contribution in [0.3, 0.4) is 0 Å². The lowest BCUT2D eigenvalue weighted by atomic mass is 10.0. The number of rotatable bonds is 5. The molecule has 7 heteroatoms. The van der Waals surface area contributed by atoms with Crippen molar-refractivity contribution in [1.82, 2.24) is 9.97 Å². The quantitative estimate of drug-likeness (QED) is 0.653. The number of benzene rings is 1. The second-order valence-electron chi connectivity index (χ2n) is 6.41. The highest BCUT2D eigenvalue weighted by Gasteiger charge is 2.30. The van der Waals surface area contributed by atoms with Crippen LogP contribution in [0.25, 0.3) is 0 Å². The molecular formula is C18H19ClFN3O2. The first kappa shape index (κ1) is 17.8. The van der Waals surface area contributed by atoms with Crippen molar-refractivity contribution in [3.05, 3.63) is 52.8 Å². The van der Waals surface area contributed by atoms with Crippen molar-refractivity contribution in [3.8, 4) is 0 Å². The van der Waals surface area contributed by atoms with Gasteiger partial charge in [0, 0.05) is 24.8 Å². The summed E-state index contributed by atoms with van der Waals surface area (Å²) in [6.07, 6.45) is 2.28. The van der Waals surface area contributed by atoms with Crippen LogP contribution in [-0.2, 0) is 6.42 Å². The first-order valence-electron chi connectivity index (χ1n) is 8.15. The zero-order valence-corrected chi connectivity index (χ0v) is 14.6. The summed E-state index contributed by atoms with van der Waals surface area (Å²) in [4.78, 5) is 22.3. The Kier molecular flexibility index (Phi) is 5.30. The first-order chi connectivity index (χ1) is 12.0. The first-order valence-corrected chi connectivity index (χ1v) is 8.53. The maximum Gasteiger partial charge on any atom is 0.222 e. The van der Waals surface area contributed by atoms with Crippen LogP contribution in [0.5, 0.6) is 0 Å². The van der Waals surface area contributed by atoms with Crippen LogP contribution < -0.4 is 4.90 Å². The standard InChI is InChI=1S/C18H19ClFN3O2/c1-11-6-14(10-24)23(9-11)16-3-2-13(20)7-12(16)8-17(25)15-4-5-21-18(19)22-15/h2-5,7,11,14,24H,6,8-10H2,1H3/t11-,14-/m0/s1. The van der Waals surface area contributed by atoms with Crippen molar-refractivity contribution in [1.29, 1.82) is 0 Å². The second-order valence-corrected chi connectivity index (χ2v) is 6.75. The van der Waals surface area contributed by atoms with Gasteiger partial charge in [0.1, 0.15) is 11.5 Å². The van der Waals surface area contributed by atoms with Crippen molar-refractivity contribution in [3.63, 3.8) is 0 Å². The molecule has 132 valence electrons. The fraction of sp³-hybridized carbons (Fsp3) is 0.389. The van der Waals surface area contributed by atoms with Gasteiger partial charge in [-0.2, -0.15) is 0 Å². The van der Waals surface area contributed by atoms with Crippen molar-refractivity contribution in [2.24, 2.45) is 5.92 Å². The molecule has 1 aromatic heterocycles. The molecule has 0 radical (unpaired) electrons. The molecule has 3 rings (SSSR count). The topological polar surface area (TPSA) is 66.3 Å². The van der Waals surface area contributed by atoms with Crippen molar-refractivity contribution in [2.75, 3.05) is 18.1 Å². The van der Waals surface area contributed by atoms with Crippen LogP contribution in [0, 0.1) is 11.7 Å². The van der Waals surface area contributed by atoms with Gasteiger partial charge in [0.25, 0.3) is 0 Å². The van der Waals surface area contributed by atoms with E-state index in [1.165, 1.54) is 24.4 Å². The highest BCUT2D eigenvalue weighted by Crippen LogP contribution is 2.32. The minimum atomic E-state index is -0.403. The molecule has 2 heterocycles. The number of aliphatic hydroxyl groups is 1. The summed E-state index contributed by atoms with van der Waals surface area (Å²) in [7, 11) is 0. The Hall–Kier alpha value is -2.05. The normalized spacial score (nSPS) is 20.1. The van der Waals surface area contributed by atoms with Gasteiger partial charge in [0.05, 0.1) is 12.6 Å². The number of aliphatic hydroxyl groups excluding tert-OH is 1. The molecule has 1 aliphatic rings. The number of hydrogen-bond acceptors (Lipinski definition) is 5. The van der Waals surface area contributed by atoms with E-state index in [0.717, 1.165) is 18.7 Å². The predicted molar refractivity (Wildman–Crippen MR) is 93.5 cm³/mol. The van der Waals surface area contributed by atoms with E-state index in [0.29, 0.717) is 11.5 Å². The SMILES string of the molecule is C[C@H]1C[C@@H](CO)N(c2ccc(F)cc2CC(=O)c2ccnc(Cl)n2)C1. The minimum Gasteiger partial charge on any atom is -0.394 e. The molecule has 0 amide bonds. The van der Waals surface area contributed by atoms with Gasteiger partial charge in [-0.1, -0.05) is 6.92 Å². The molecule has 0 spiro atoms. The van der Waals surface area contributed by atoms with Crippen LogP contribution in [0.1, 0.15) is 29.4 Å². The van der Waals surface area contributed by atoms with E-state index in [1.807, 2.05) is 0 Å². The molecule has 0 saturated carbocycles. The second kappa shape index (κ2) is 7.45. The Balaban J connectivity index is 1.91. The number of halogens is 2. The molecule has 0 aliphatic carbocycles. The number of hydrogen-bond donors (Lipinski definition) is 1. The molecule has 0 bridgehead atoms. The van der Waals surface area contributed by atoms with E-state index in [-0.39, 0.29) is 35.8 Å². The lowest BCUT2D eigenvalue weighted by Gasteiger charge is -2.27. The smallest absolute Gasteiger partial charge is 0.222 e. The van der Waals surface area contributed by atoms with Crippen molar-refractivity contribution < 1.29 is 14.3 Å². The lowest BCUT2D eigenvalue weighted by molar-refractivity contribution is 0.0988. The maximum absolute atomic E-state index is 13.8. The molecule has 1 N–H and O–H groups in total. The zero-order chi connectivity index (χ0) is 18.0. The van der Waals surface area contributed by atoms with Crippen LogP contribution in [0.4, 0.5) is 10.1 Å². The van der Waals surface area contributed by atoms with Gasteiger partial charge in [0.15, 0.2) is 5.78 Å². The van der Waals surface area contributed by atoms with E-state index in [1.54, 1.807) is 6.07 Å². The van der Waals surface area contributed by atoms with Gasteiger partial charge in [-0.25, -0.2) is 14.4 Å². The number of anilines is 1. The van der Waals surface area contributed by atoms with Crippen LogP contribution >= 0.6 is 11.6 Å². The summed E-state index contributed by atoms with van der Waals surface area (Å²) in [5.74, 6) is -0.240. The lowest BCUT2D eigenvalue weighted by Crippen LogP contribution is -2.33. The maximum atomic E-state index is 13.8. The fourth-order valence-electron chi connectivity index (χ4n) is 3.35. The van der Waals surface area contributed by atoms with Crippen LogP contribution in [-0.4, -0.2) is 40.1 Å². The Morgan fingerprint density at radius 2 is 2.24 bits per heavy atom. The summed E-state index contributed by atoms with van der Waals surface area (Å²) in [6, 6.07) is 5.88. The average Bonchev–Trinajstić information content (AvgIpc) is 2.95. The summed E-state index contributed by atoms with van der Waals surface area (Å²) in [5, 5.41) is 9.64. The molecule has 25 heavy (non-hydrogen) atoms. The van der Waals surface area contributed by atoms with E-state index in [2.05, 4.69) is 21.8 Å².